The highest BCUT2D eigenvalue weighted by molar-refractivity contribution is 5.65. The molecule has 34 heavy (non-hydrogen) atoms. The van der Waals surface area contributed by atoms with Crippen molar-refractivity contribution in [3.63, 3.8) is 0 Å². The zero-order chi connectivity index (χ0) is 24.1. The van der Waals surface area contributed by atoms with Gasteiger partial charge >= 0.3 is 0 Å². The van der Waals surface area contributed by atoms with Crippen LogP contribution in [-0.2, 0) is 13.0 Å². The second-order valence-electron chi connectivity index (χ2n) is 9.80. The molecule has 0 atom stereocenters. The number of aryl methyl sites for hydroxylation is 1. The lowest BCUT2D eigenvalue weighted by atomic mass is 9.81. The molecule has 0 bridgehead atoms. The van der Waals surface area contributed by atoms with Gasteiger partial charge in [-0.1, -0.05) is 17.3 Å². The first kappa shape index (κ1) is 22.5. The summed E-state index contributed by atoms with van der Waals surface area (Å²) in [6.07, 6.45) is 3.86. The average molecular weight is 468 g/mol. The molecular formula is C25H27F2N5O2. The largest absolute Gasteiger partial charge is 0.390 e. The molecule has 0 saturated heterocycles. The summed E-state index contributed by atoms with van der Waals surface area (Å²) in [5.41, 5.74) is 4.77. The molecule has 178 valence electrons. The third kappa shape index (κ3) is 4.65. The van der Waals surface area contributed by atoms with Gasteiger partial charge in [0.25, 0.3) is 0 Å². The van der Waals surface area contributed by atoms with Crippen LogP contribution in [0.25, 0.3) is 17.0 Å². The van der Waals surface area contributed by atoms with Crippen LogP contribution >= 0.6 is 0 Å². The van der Waals surface area contributed by atoms with Gasteiger partial charge in [0.2, 0.25) is 17.6 Å². The van der Waals surface area contributed by atoms with Gasteiger partial charge < -0.3 is 19.3 Å². The van der Waals surface area contributed by atoms with Crippen LogP contribution in [-0.4, -0.2) is 36.2 Å². The fourth-order valence-electron chi connectivity index (χ4n) is 4.31. The van der Waals surface area contributed by atoms with Crippen LogP contribution in [0.2, 0.25) is 0 Å². The maximum absolute atomic E-state index is 13.2. The molecule has 9 heteroatoms. The van der Waals surface area contributed by atoms with E-state index < -0.39 is 11.5 Å². The number of aliphatic hydroxyl groups is 1. The van der Waals surface area contributed by atoms with Gasteiger partial charge in [0.05, 0.1) is 24.0 Å². The van der Waals surface area contributed by atoms with Crippen LogP contribution in [0.1, 0.15) is 55.3 Å². The normalized spacial score (nSPS) is 16.1. The van der Waals surface area contributed by atoms with Crippen molar-refractivity contribution in [1.82, 2.24) is 19.5 Å². The minimum atomic E-state index is -2.63. The first-order chi connectivity index (χ1) is 16.1. The minimum Gasteiger partial charge on any atom is -0.390 e. The summed E-state index contributed by atoms with van der Waals surface area (Å²) in [6, 6.07) is 9.77. The smallest absolute Gasteiger partial charge is 0.249 e. The van der Waals surface area contributed by atoms with Crippen molar-refractivity contribution in [3.8, 4) is 11.4 Å². The van der Waals surface area contributed by atoms with Crippen molar-refractivity contribution in [3.05, 3.63) is 65.4 Å². The Kier molecular flexibility index (Phi) is 5.39. The standard InChI is InChI=1S/C25H27F2N5O2/c1-15-4-5-17(22-30-23(34-31-22)18-11-25(26,27)12-18)9-20(15)28-13-19-14-29-21-8-16(6-7-32(19)21)10-24(2,3)33/h4-9,14,18,28,33H,10-13H2,1-3H3. The van der Waals surface area contributed by atoms with Gasteiger partial charge in [0, 0.05) is 42.6 Å². The molecule has 1 aromatic carbocycles. The monoisotopic (exact) mass is 467 g/mol. The number of aromatic nitrogens is 4. The number of imidazole rings is 1. The molecule has 7 nitrogen and oxygen atoms in total. The molecule has 1 aliphatic carbocycles. The second-order valence-corrected chi connectivity index (χ2v) is 9.80. The van der Waals surface area contributed by atoms with E-state index >= 15 is 0 Å². The number of fused-ring (bicyclic) bond motifs is 1. The number of hydrogen-bond acceptors (Lipinski definition) is 6. The van der Waals surface area contributed by atoms with Crippen LogP contribution in [0, 0.1) is 6.92 Å². The Balaban J connectivity index is 1.30. The Morgan fingerprint density at radius 3 is 2.76 bits per heavy atom. The molecule has 0 unspecified atom stereocenters. The van der Waals surface area contributed by atoms with Crippen LogP contribution in [0.15, 0.2) is 47.2 Å². The minimum absolute atomic E-state index is 0.242. The van der Waals surface area contributed by atoms with Crippen molar-refractivity contribution in [1.29, 1.82) is 0 Å². The lowest BCUT2D eigenvalue weighted by Crippen LogP contribution is -2.33. The number of nitrogens with zero attached hydrogens (tertiary/aromatic N) is 4. The van der Waals surface area contributed by atoms with Crippen LogP contribution in [0.3, 0.4) is 0 Å². The fraction of sp³-hybridized carbons (Fsp3) is 0.400. The van der Waals surface area contributed by atoms with Gasteiger partial charge in [-0.2, -0.15) is 4.98 Å². The zero-order valence-electron chi connectivity index (χ0n) is 19.3. The van der Waals surface area contributed by atoms with E-state index in [0.717, 1.165) is 33.7 Å². The van der Waals surface area contributed by atoms with E-state index in [1.165, 1.54) is 0 Å². The average Bonchev–Trinajstić information content (AvgIpc) is 3.37. The van der Waals surface area contributed by atoms with Crippen LogP contribution in [0.5, 0.6) is 0 Å². The van der Waals surface area contributed by atoms with Gasteiger partial charge in [0.15, 0.2) is 0 Å². The first-order valence-electron chi connectivity index (χ1n) is 11.3. The van der Waals surface area contributed by atoms with Gasteiger partial charge in [-0.3, -0.25) is 0 Å². The van der Waals surface area contributed by atoms with Crippen LogP contribution in [0.4, 0.5) is 14.5 Å². The van der Waals surface area contributed by atoms with E-state index in [2.05, 4.69) is 20.4 Å². The summed E-state index contributed by atoms with van der Waals surface area (Å²) in [5, 5.41) is 17.5. The van der Waals surface area contributed by atoms with Crippen molar-refractivity contribution < 1.29 is 18.4 Å². The van der Waals surface area contributed by atoms with Gasteiger partial charge in [-0.15, -0.1) is 0 Å². The predicted molar refractivity (Wildman–Crippen MR) is 124 cm³/mol. The molecular weight excluding hydrogens is 440 g/mol. The highest BCUT2D eigenvalue weighted by Gasteiger charge is 2.48. The lowest BCUT2D eigenvalue weighted by molar-refractivity contribution is -0.0925. The predicted octanol–water partition coefficient (Wildman–Crippen LogP) is 5.13. The fourth-order valence-corrected chi connectivity index (χ4v) is 4.31. The van der Waals surface area contributed by atoms with E-state index in [-0.39, 0.29) is 24.7 Å². The summed E-state index contributed by atoms with van der Waals surface area (Å²) >= 11 is 0. The molecule has 0 aliphatic heterocycles. The first-order valence-corrected chi connectivity index (χ1v) is 11.3. The number of rotatable bonds is 7. The Hall–Kier alpha value is -3.33. The van der Waals surface area contributed by atoms with Crippen molar-refractivity contribution in [2.24, 2.45) is 0 Å². The molecule has 5 rings (SSSR count). The van der Waals surface area contributed by atoms with E-state index in [0.29, 0.717) is 18.8 Å². The molecule has 3 aromatic heterocycles. The number of pyridine rings is 1. The van der Waals surface area contributed by atoms with Crippen molar-refractivity contribution >= 4 is 11.3 Å². The summed E-state index contributed by atoms with van der Waals surface area (Å²) in [5.74, 6) is -2.35. The maximum Gasteiger partial charge on any atom is 0.249 e. The molecule has 3 heterocycles. The summed E-state index contributed by atoms with van der Waals surface area (Å²) < 4.78 is 33.6. The number of anilines is 1. The molecule has 4 aromatic rings. The molecule has 0 spiro atoms. The maximum atomic E-state index is 13.2. The second kappa shape index (κ2) is 8.16. The molecule has 0 radical (unpaired) electrons. The quantitative estimate of drug-likeness (QED) is 0.392. The number of hydrogen-bond donors (Lipinski definition) is 2. The number of halogens is 2. The highest BCUT2D eigenvalue weighted by Crippen LogP contribution is 2.48. The van der Waals surface area contributed by atoms with E-state index in [1.807, 2.05) is 54.0 Å². The molecule has 1 fully saturated rings. The topological polar surface area (TPSA) is 88.5 Å². The summed E-state index contributed by atoms with van der Waals surface area (Å²) in [7, 11) is 0. The van der Waals surface area contributed by atoms with Gasteiger partial charge in [0.1, 0.15) is 5.65 Å². The van der Waals surface area contributed by atoms with Crippen molar-refractivity contribution in [2.45, 2.75) is 64.0 Å². The Labute approximate surface area is 195 Å². The third-order valence-electron chi connectivity index (χ3n) is 6.13. The third-order valence-corrected chi connectivity index (χ3v) is 6.13. The summed E-state index contributed by atoms with van der Waals surface area (Å²) in [4.78, 5) is 8.86. The Bertz CT molecular complexity index is 1330. The number of nitrogens with one attached hydrogen (secondary N) is 1. The zero-order valence-corrected chi connectivity index (χ0v) is 19.3. The van der Waals surface area contributed by atoms with E-state index in [4.69, 9.17) is 4.52 Å². The SMILES string of the molecule is Cc1ccc(-c2noc(C3CC(F)(F)C3)n2)cc1NCc1cnc2cc(CC(C)(C)O)ccn12. The molecule has 1 aliphatic rings. The van der Waals surface area contributed by atoms with E-state index in [9.17, 15) is 13.9 Å². The highest BCUT2D eigenvalue weighted by atomic mass is 19.3. The van der Waals surface area contributed by atoms with E-state index in [1.54, 1.807) is 13.8 Å². The van der Waals surface area contributed by atoms with Crippen molar-refractivity contribution in [2.75, 3.05) is 5.32 Å². The summed E-state index contributed by atoms with van der Waals surface area (Å²) in [6.45, 7) is 6.12. The van der Waals surface area contributed by atoms with Crippen LogP contribution < -0.4 is 5.32 Å². The number of alkyl halides is 2. The lowest BCUT2D eigenvalue weighted by Gasteiger charge is -2.31. The molecule has 2 N–H and O–H groups in total. The Morgan fingerprint density at radius 1 is 1.24 bits per heavy atom. The van der Waals surface area contributed by atoms with Gasteiger partial charge in [-0.05, 0) is 50.1 Å². The van der Waals surface area contributed by atoms with Gasteiger partial charge in [-0.25, -0.2) is 13.8 Å². The molecule has 1 saturated carbocycles. The molecule has 0 amide bonds. The number of benzene rings is 1. The Morgan fingerprint density at radius 2 is 2.03 bits per heavy atom.